The summed E-state index contributed by atoms with van der Waals surface area (Å²) in [6, 6.07) is 3.62. The summed E-state index contributed by atoms with van der Waals surface area (Å²) in [4.78, 5) is 37.9. The van der Waals surface area contributed by atoms with Gasteiger partial charge in [0, 0.05) is 23.1 Å². The van der Waals surface area contributed by atoms with Crippen LogP contribution in [0.25, 0.3) is 0 Å². The van der Waals surface area contributed by atoms with Gasteiger partial charge in [-0.1, -0.05) is 6.07 Å². The van der Waals surface area contributed by atoms with Gasteiger partial charge in [0.05, 0.1) is 6.42 Å². The third-order valence-corrected chi connectivity index (χ3v) is 7.70. The van der Waals surface area contributed by atoms with Gasteiger partial charge < -0.3 is 10.1 Å². The number of hydrogen-bond acceptors (Lipinski definition) is 8. The van der Waals surface area contributed by atoms with E-state index in [9.17, 15) is 27.4 Å². The molecule has 2 amide bonds. The van der Waals surface area contributed by atoms with Crippen LogP contribution in [-0.2, 0) is 35.7 Å². The molecular formula is C16H18N2O7S3. The summed E-state index contributed by atoms with van der Waals surface area (Å²) in [7, 11) is -4.74. The van der Waals surface area contributed by atoms with E-state index in [1.54, 1.807) is 6.07 Å². The van der Waals surface area contributed by atoms with Crippen molar-refractivity contribution in [2.75, 3.05) is 12.4 Å². The first kappa shape index (κ1) is 20.8. The maximum atomic E-state index is 12.8. The smallest absolute Gasteiger partial charge is 0.310 e. The first-order valence-electron chi connectivity index (χ1n) is 8.15. The molecule has 2 N–H and O–H groups in total. The van der Waals surface area contributed by atoms with Crippen molar-refractivity contribution >= 4 is 51.0 Å². The highest BCUT2D eigenvalue weighted by Gasteiger charge is 2.63. The largest absolute Gasteiger partial charge is 0.461 e. The van der Waals surface area contributed by atoms with Gasteiger partial charge in [0.1, 0.15) is 17.5 Å². The van der Waals surface area contributed by atoms with Gasteiger partial charge >= 0.3 is 16.1 Å². The van der Waals surface area contributed by atoms with Gasteiger partial charge in [0.25, 0.3) is 5.91 Å². The Labute approximate surface area is 169 Å². The summed E-state index contributed by atoms with van der Waals surface area (Å²) in [5.74, 6) is -1.51. The molecule has 0 aliphatic carbocycles. The van der Waals surface area contributed by atoms with Crippen LogP contribution in [0.2, 0.25) is 0 Å². The van der Waals surface area contributed by atoms with Crippen molar-refractivity contribution in [2.24, 2.45) is 0 Å². The molecule has 152 valence electrons. The standard InChI is InChI=1S/C16H18N2O7S3/c1-9(19)25-7-10-8-27-15-16(2,14(21)18(15)13(10)28(22,23)24)17-12(20)6-11-4-3-5-26-11/h3-5,15H,6-8H2,1-2H3,(H,17,20)(H,22,23,24)/t15-,16-/m0/s1. The molecule has 0 spiro atoms. The van der Waals surface area contributed by atoms with Crippen molar-refractivity contribution in [1.29, 1.82) is 0 Å². The Hall–Kier alpha value is -1.89. The van der Waals surface area contributed by atoms with Gasteiger partial charge in [-0.05, 0) is 18.4 Å². The molecule has 3 rings (SSSR count). The topological polar surface area (TPSA) is 130 Å². The van der Waals surface area contributed by atoms with Crippen molar-refractivity contribution in [3.05, 3.63) is 33.0 Å². The number of carbonyl (C=O) groups excluding carboxylic acids is 3. The number of thioether (sulfide) groups is 1. The minimum Gasteiger partial charge on any atom is -0.461 e. The quantitative estimate of drug-likeness (QED) is 0.372. The highest BCUT2D eigenvalue weighted by Crippen LogP contribution is 2.47. The molecule has 12 heteroatoms. The molecule has 1 aromatic rings. The monoisotopic (exact) mass is 446 g/mol. The molecule has 0 aromatic carbocycles. The summed E-state index contributed by atoms with van der Waals surface area (Å²) in [5, 5.41) is 3.25. The Morgan fingerprint density at radius 2 is 2.18 bits per heavy atom. The number of thiophene rings is 1. The van der Waals surface area contributed by atoms with E-state index in [4.69, 9.17) is 4.74 Å². The van der Waals surface area contributed by atoms with Gasteiger partial charge in [-0.25, -0.2) is 0 Å². The number of fused-ring (bicyclic) bond motifs is 1. The Morgan fingerprint density at radius 1 is 1.46 bits per heavy atom. The fourth-order valence-corrected chi connectivity index (χ4v) is 6.34. The van der Waals surface area contributed by atoms with E-state index in [0.717, 1.165) is 9.78 Å². The molecule has 1 aromatic heterocycles. The second-order valence-corrected chi connectivity index (χ2v) is 9.95. The van der Waals surface area contributed by atoms with Crippen molar-refractivity contribution in [3.8, 4) is 0 Å². The number of rotatable bonds is 6. The Morgan fingerprint density at radius 3 is 2.75 bits per heavy atom. The average molecular weight is 447 g/mol. The van der Waals surface area contributed by atoms with E-state index in [0.29, 0.717) is 0 Å². The fourth-order valence-electron chi connectivity index (χ4n) is 3.13. The summed E-state index contributed by atoms with van der Waals surface area (Å²) >= 11 is 2.64. The molecule has 9 nitrogen and oxygen atoms in total. The van der Waals surface area contributed by atoms with Gasteiger partial charge in [-0.2, -0.15) is 8.42 Å². The maximum Gasteiger partial charge on any atom is 0.310 e. The predicted molar refractivity (Wildman–Crippen MR) is 103 cm³/mol. The maximum absolute atomic E-state index is 12.8. The number of nitrogens with one attached hydrogen (secondary N) is 1. The lowest BCUT2D eigenvalue weighted by molar-refractivity contribution is -0.153. The van der Waals surface area contributed by atoms with E-state index in [1.165, 1.54) is 36.9 Å². The molecule has 3 heterocycles. The van der Waals surface area contributed by atoms with Crippen LogP contribution in [0, 0.1) is 0 Å². The molecular weight excluding hydrogens is 428 g/mol. The highest BCUT2D eigenvalue weighted by molar-refractivity contribution is 8.00. The highest BCUT2D eigenvalue weighted by atomic mass is 32.2. The number of hydrogen-bond donors (Lipinski definition) is 2. The van der Waals surface area contributed by atoms with Crippen molar-refractivity contribution in [2.45, 2.75) is 31.2 Å². The van der Waals surface area contributed by atoms with Crippen molar-refractivity contribution < 1.29 is 32.1 Å². The third-order valence-electron chi connectivity index (χ3n) is 4.34. The number of amides is 2. The minimum absolute atomic E-state index is 0.108. The Balaban J connectivity index is 1.82. The van der Waals surface area contributed by atoms with Crippen LogP contribution >= 0.6 is 23.1 Å². The van der Waals surface area contributed by atoms with Crippen LogP contribution in [0.5, 0.6) is 0 Å². The molecule has 28 heavy (non-hydrogen) atoms. The van der Waals surface area contributed by atoms with Gasteiger partial charge in [-0.3, -0.25) is 23.8 Å². The molecule has 0 unspecified atom stereocenters. The molecule has 0 bridgehead atoms. The number of nitrogens with zero attached hydrogens (tertiary/aromatic N) is 1. The molecule has 0 saturated carbocycles. The van der Waals surface area contributed by atoms with E-state index < -0.39 is 37.9 Å². The second-order valence-electron chi connectivity index (χ2n) is 6.51. The number of β-lactam (4-membered cyclic amide) rings is 1. The van der Waals surface area contributed by atoms with Crippen LogP contribution in [0.1, 0.15) is 18.7 Å². The normalized spacial score (nSPS) is 24.5. The van der Waals surface area contributed by atoms with E-state index in [2.05, 4.69) is 5.32 Å². The Kier molecular flexibility index (Phi) is 5.58. The average Bonchev–Trinajstić information content (AvgIpc) is 3.10. The zero-order chi connectivity index (χ0) is 20.7. The third kappa shape index (κ3) is 3.81. The van der Waals surface area contributed by atoms with Crippen molar-refractivity contribution in [3.63, 3.8) is 0 Å². The van der Waals surface area contributed by atoms with Crippen molar-refractivity contribution in [1.82, 2.24) is 10.2 Å². The first-order valence-corrected chi connectivity index (χ1v) is 11.5. The van der Waals surface area contributed by atoms with E-state index in [-0.39, 0.29) is 30.3 Å². The van der Waals surface area contributed by atoms with Gasteiger partial charge in [0.2, 0.25) is 5.91 Å². The zero-order valence-electron chi connectivity index (χ0n) is 15.0. The lowest BCUT2D eigenvalue weighted by atomic mass is 9.89. The van der Waals surface area contributed by atoms with Gasteiger partial charge in [-0.15, -0.1) is 23.1 Å². The summed E-state index contributed by atoms with van der Waals surface area (Å²) in [6.07, 6.45) is 0.108. The fraction of sp³-hybridized carbons (Fsp3) is 0.438. The predicted octanol–water partition coefficient (Wildman–Crippen LogP) is 0.743. The van der Waals surface area contributed by atoms with Gasteiger partial charge in [0.15, 0.2) is 5.03 Å². The minimum atomic E-state index is -4.74. The van der Waals surface area contributed by atoms with Crippen LogP contribution in [-0.4, -0.2) is 58.9 Å². The molecule has 1 fully saturated rings. The summed E-state index contributed by atoms with van der Waals surface area (Å²) in [6.45, 7) is 2.34. The molecule has 1 saturated heterocycles. The van der Waals surface area contributed by atoms with Crippen LogP contribution in [0.3, 0.4) is 0 Å². The number of esters is 1. The Bertz CT molecular complexity index is 955. The summed E-state index contributed by atoms with van der Waals surface area (Å²) < 4.78 is 38.2. The van der Waals surface area contributed by atoms with E-state index in [1.807, 2.05) is 11.4 Å². The van der Waals surface area contributed by atoms with E-state index >= 15 is 0 Å². The SMILES string of the molecule is CC(=O)OCC1=C(S(=O)(=O)O)N2C(=O)[C@](C)(NC(=O)Cc3cccs3)[C@@H]2SC1. The molecule has 0 radical (unpaired) electrons. The lowest BCUT2D eigenvalue weighted by Gasteiger charge is -2.55. The zero-order valence-corrected chi connectivity index (χ0v) is 17.4. The first-order chi connectivity index (χ1) is 13.0. The van der Waals surface area contributed by atoms with Crippen LogP contribution < -0.4 is 5.32 Å². The summed E-state index contributed by atoms with van der Waals surface area (Å²) in [5.41, 5.74) is -1.19. The van der Waals surface area contributed by atoms with Crippen LogP contribution in [0.4, 0.5) is 0 Å². The molecule has 2 atom stereocenters. The number of ether oxygens (including phenoxy) is 1. The molecule has 2 aliphatic rings. The second kappa shape index (κ2) is 7.50. The number of carbonyl (C=O) groups is 3. The molecule has 2 aliphatic heterocycles. The lowest BCUT2D eigenvalue weighted by Crippen LogP contribution is -2.78. The van der Waals surface area contributed by atoms with Crippen LogP contribution in [0.15, 0.2) is 28.1 Å².